The van der Waals surface area contributed by atoms with Crippen molar-refractivity contribution in [3.8, 4) is 0 Å². The van der Waals surface area contributed by atoms with Crippen LogP contribution in [0.15, 0.2) is 11.6 Å². The lowest BCUT2D eigenvalue weighted by Crippen LogP contribution is -2.44. The smallest absolute Gasteiger partial charge is 0.225 e. The molecule has 2 aliphatic rings. The van der Waals surface area contributed by atoms with Crippen LogP contribution in [-0.2, 0) is 9.59 Å². The Bertz CT molecular complexity index is 421. The molecule has 1 fully saturated rings. The monoisotopic (exact) mass is 306 g/mol. The normalized spacial score (nSPS) is 20.0. The van der Waals surface area contributed by atoms with E-state index < -0.39 is 0 Å². The number of nitrogens with zero attached hydrogens (tertiary/aromatic N) is 1. The zero-order chi connectivity index (χ0) is 15.9. The van der Waals surface area contributed by atoms with E-state index in [0.717, 1.165) is 38.9 Å². The summed E-state index contributed by atoms with van der Waals surface area (Å²) >= 11 is 0. The summed E-state index contributed by atoms with van der Waals surface area (Å²) < 4.78 is 0. The van der Waals surface area contributed by atoms with E-state index in [2.05, 4.69) is 11.4 Å². The quantitative estimate of drug-likeness (QED) is 0.794. The molecule has 0 atom stereocenters. The van der Waals surface area contributed by atoms with Gasteiger partial charge >= 0.3 is 0 Å². The van der Waals surface area contributed by atoms with E-state index in [0.29, 0.717) is 0 Å². The summed E-state index contributed by atoms with van der Waals surface area (Å²) in [5.74, 6) is 0.516. The number of piperidine rings is 1. The lowest BCUT2D eigenvalue weighted by Gasteiger charge is -2.32. The molecule has 1 heterocycles. The Morgan fingerprint density at radius 2 is 2.00 bits per heavy atom. The molecule has 0 radical (unpaired) electrons. The third-order valence-electron chi connectivity index (χ3n) is 4.80. The van der Waals surface area contributed by atoms with Crippen LogP contribution in [0.25, 0.3) is 0 Å². The molecule has 1 aliphatic carbocycles. The van der Waals surface area contributed by atoms with Gasteiger partial charge in [0, 0.05) is 31.5 Å². The molecule has 4 heteroatoms. The second kappa shape index (κ2) is 8.35. The number of likely N-dealkylation sites (tertiary alicyclic amines) is 1. The highest BCUT2D eigenvalue weighted by Crippen LogP contribution is 2.21. The first-order chi connectivity index (χ1) is 10.6. The lowest BCUT2D eigenvalue weighted by atomic mass is 9.94. The lowest BCUT2D eigenvalue weighted by molar-refractivity contribution is -0.138. The van der Waals surface area contributed by atoms with Gasteiger partial charge in [-0.15, -0.1) is 0 Å². The molecule has 1 aliphatic heterocycles. The van der Waals surface area contributed by atoms with Crippen molar-refractivity contribution in [2.24, 2.45) is 11.8 Å². The number of nitrogens with one attached hydrogen (secondary N) is 1. The average Bonchev–Trinajstić information content (AvgIpc) is 2.55. The van der Waals surface area contributed by atoms with Crippen LogP contribution in [0.3, 0.4) is 0 Å². The van der Waals surface area contributed by atoms with Crippen molar-refractivity contribution in [1.82, 2.24) is 10.2 Å². The van der Waals surface area contributed by atoms with Crippen molar-refractivity contribution in [3.63, 3.8) is 0 Å². The summed E-state index contributed by atoms with van der Waals surface area (Å²) in [7, 11) is 0. The highest BCUT2D eigenvalue weighted by Gasteiger charge is 2.27. The Morgan fingerprint density at radius 1 is 1.27 bits per heavy atom. The minimum absolute atomic E-state index is 0.0501. The SMILES string of the molecule is CC(C)C(=O)N1CCC(C(=O)NCCC2=CCCCC2)CC1. The Morgan fingerprint density at radius 3 is 2.59 bits per heavy atom. The van der Waals surface area contributed by atoms with E-state index in [9.17, 15) is 9.59 Å². The van der Waals surface area contributed by atoms with Gasteiger partial charge in [0.1, 0.15) is 0 Å². The Kier molecular flexibility index (Phi) is 6.47. The maximum atomic E-state index is 12.2. The minimum Gasteiger partial charge on any atom is -0.356 e. The molecule has 2 amide bonds. The summed E-state index contributed by atoms with van der Waals surface area (Å²) in [6.45, 7) is 6.07. The highest BCUT2D eigenvalue weighted by molar-refractivity contribution is 5.80. The van der Waals surface area contributed by atoms with Gasteiger partial charge in [0.2, 0.25) is 11.8 Å². The molecule has 0 aromatic rings. The number of allylic oxidation sites excluding steroid dienone is 1. The van der Waals surface area contributed by atoms with E-state index in [1.165, 1.54) is 31.3 Å². The van der Waals surface area contributed by atoms with Crippen molar-refractivity contribution >= 4 is 11.8 Å². The van der Waals surface area contributed by atoms with Gasteiger partial charge in [0.05, 0.1) is 0 Å². The molecule has 0 bridgehead atoms. The van der Waals surface area contributed by atoms with E-state index >= 15 is 0 Å². The largest absolute Gasteiger partial charge is 0.356 e. The van der Waals surface area contributed by atoms with Crippen molar-refractivity contribution in [1.29, 1.82) is 0 Å². The van der Waals surface area contributed by atoms with Gasteiger partial charge in [-0.1, -0.05) is 25.5 Å². The maximum absolute atomic E-state index is 12.2. The second-order valence-corrected chi connectivity index (χ2v) is 6.90. The summed E-state index contributed by atoms with van der Waals surface area (Å²) in [5.41, 5.74) is 1.50. The zero-order valence-corrected chi connectivity index (χ0v) is 14.1. The molecule has 0 saturated carbocycles. The zero-order valence-electron chi connectivity index (χ0n) is 14.1. The van der Waals surface area contributed by atoms with Gasteiger partial charge in [-0.25, -0.2) is 0 Å². The number of rotatable bonds is 5. The van der Waals surface area contributed by atoms with E-state index in [4.69, 9.17) is 0 Å². The van der Waals surface area contributed by atoms with E-state index in [-0.39, 0.29) is 23.7 Å². The van der Waals surface area contributed by atoms with E-state index in [1.54, 1.807) is 0 Å². The summed E-state index contributed by atoms with van der Waals surface area (Å²) in [6.07, 6.45) is 9.94. The summed E-state index contributed by atoms with van der Waals surface area (Å²) in [4.78, 5) is 26.1. The van der Waals surface area contributed by atoms with Crippen molar-refractivity contribution in [2.45, 2.75) is 58.8 Å². The molecule has 1 N–H and O–H groups in total. The number of hydrogen-bond donors (Lipinski definition) is 1. The van der Waals surface area contributed by atoms with Gasteiger partial charge in [0.15, 0.2) is 0 Å². The third-order valence-corrected chi connectivity index (χ3v) is 4.80. The fraction of sp³-hybridized carbons (Fsp3) is 0.778. The molecule has 4 nitrogen and oxygen atoms in total. The van der Waals surface area contributed by atoms with Gasteiger partial charge in [-0.05, 0) is 44.9 Å². The van der Waals surface area contributed by atoms with Gasteiger partial charge in [-0.2, -0.15) is 0 Å². The molecule has 124 valence electrons. The average molecular weight is 306 g/mol. The van der Waals surface area contributed by atoms with Crippen molar-refractivity contribution in [3.05, 3.63) is 11.6 Å². The number of amides is 2. The molecule has 0 aromatic carbocycles. The number of carbonyl (C=O) groups is 2. The van der Waals surface area contributed by atoms with E-state index in [1.807, 2.05) is 18.7 Å². The van der Waals surface area contributed by atoms with Crippen LogP contribution in [0.4, 0.5) is 0 Å². The first-order valence-corrected chi connectivity index (χ1v) is 8.82. The van der Waals surface area contributed by atoms with Crippen LogP contribution >= 0.6 is 0 Å². The van der Waals surface area contributed by atoms with Gasteiger partial charge < -0.3 is 10.2 Å². The van der Waals surface area contributed by atoms with Crippen molar-refractivity contribution < 1.29 is 9.59 Å². The fourth-order valence-corrected chi connectivity index (χ4v) is 3.35. The maximum Gasteiger partial charge on any atom is 0.225 e. The Labute approximate surface area is 134 Å². The Hall–Kier alpha value is -1.32. The molecule has 0 aromatic heterocycles. The molecule has 0 unspecified atom stereocenters. The van der Waals surface area contributed by atoms with Gasteiger partial charge in [-0.3, -0.25) is 9.59 Å². The molecule has 1 saturated heterocycles. The molecular formula is C18H30N2O2. The summed E-state index contributed by atoms with van der Waals surface area (Å²) in [6, 6.07) is 0. The molecule has 22 heavy (non-hydrogen) atoms. The molecule has 2 rings (SSSR count). The number of carbonyl (C=O) groups excluding carboxylic acids is 2. The van der Waals surface area contributed by atoms with Crippen LogP contribution in [-0.4, -0.2) is 36.3 Å². The summed E-state index contributed by atoms with van der Waals surface area (Å²) in [5, 5.41) is 3.08. The predicted octanol–water partition coefficient (Wildman–Crippen LogP) is 2.89. The van der Waals surface area contributed by atoms with Crippen LogP contribution in [0.5, 0.6) is 0 Å². The second-order valence-electron chi connectivity index (χ2n) is 6.90. The highest BCUT2D eigenvalue weighted by atomic mass is 16.2. The van der Waals surface area contributed by atoms with Gasteiger partial charge in [0.25, 0.3) is 0 Å². The predicted molar refractivity (Wildman–Crippen MR) is 88.3 cm³/mol. The fourth-order valence-electron chi connectivity index (χ4n) is 3.35. The van der Waals surface area contributed by atoms with Crippen LogP contribution in [0, 0.1) is 11.8 Å². The molecular weight excluding hydrogens is 276 g/mol. The first-order valence-electron chi connectivity index (χ1n) is 8.82. The first kappa shape index (κ1) is 17.0. The Balaban J connectivity index is 1.66. The molecule has 0 spiro atoms. The topological polar surface area (TPSA) is 49.4 Å². The number of hydrogen-bond acceptors (Lipinski definition) is 2. The third kappa shape index (κ3) is 4.85. The standard InChI is InChI=1S/C18H30N2O2/c1-14(2)18(22)20-12-9-16(10-13-20)17(21)19-11-8-15-6-4-3-5-7-15/h6,14,16H,3-5,7-13H2,1-2H3,(H,19,21). The van der Waals surface area contributed by atoms with Crippen LogP contribution < -0.4 is 5.32 Å². The van der Waals surface area contributed by atoms with Crippen LogP contribution in [0.1, 0.15) is 58.8 Å². The van der Waals surface area contributed by atoms with Crippen molar-refractivity contribution in [2.75, 3.05) is 19.6 Å². The van der Waals surface area contributed by atoms with Crippen LogP contribution in [0.2, 0.25) is 0 Å². The minimum atomic E-state index is 0.0501.